The second kappa shape index (κ2) is 3.59. The lowest BCUT2D eigenvalue weighted by Crippen LogP contribution is -1.91. The van der Waals surface area contributed by atoms with Gasteiger partial charge in [-0.3, -0.25) is 4.98 Å². The molecule has 0 unspecified atom stereocenters. The number of pyridine rings is 1. The van der Waals surface area contributed by atoms with Gasteiger partial charge in [0, 0.05) is 13.2 Å². The van der Waals surface area contributed by atoms with E-state index in [0.29, 0.717) is 11.4 Å². The largest absolute Gasteiger partial charge is 0.397 e. The smallest absolute Gasteiger partial charge is 0.205 e. The standard InChI is InChI=1S/C8H9N5S/c1-10-8-13-12-7(14-8)6-5(9)3-2-4-11-6/h2-4H,9H2,1H3,(H,10,13). The van der Waals surface area contributed by atoms with Crippen molar-refractivity contribution in [1.29, 1.82) is 0 Å². The third-order valence-corrected chi connectivity index (χ3v) is 2.63. The first-order chi connectivity index (χ1) is 6.81. The molecule has 2 rings (SSSR count). The van der Waals surface area contributed by atoms with Crippen LogP contribution < -0.4 is 11.1 Å². The van der Waals surface area contributed by atoms with E-state index in [2.05, 4.69) is 20.5 Å². The Kier molecular flexibility index (Phi) is 2.28. The van der Waals surface area contributed by atoms with Crippen LogP contribution in [0.5, 0.6) is 0 Å². The summed E-state index contributed by atoms with van der Waals surface area (Å²) in [6.07, 6.45) is 1.69. The second-order valence-corrected chi connectivity index (χ2v) is 3.58. The first-order valence-corrected chi connectivity index (χ1v) is 4.85. The number of aromatic nitrogens is 3. The minimum absolute atomic E-state index is 0.617. The molecule has 0 spiro atoms. The van der Waals surface area contributed by atoms with Gasteiger partial charge in [-0.05, 0) is 12.1 Å². The van der Waals surface area contributed by atoms with E-state index in [1.165, 1.54) is 11.3 Å². The van der Waals surface area contributed by atoms with Gasteiger partial charge in [-0.1, -0.05) is 11.3 Å². The summed E-state index contributed by atoms with van der Waals surface area (Å²) in [6, 6.07) is 3.58. The Morgan fingerprint density at radius 2 is 2.29 bits per heavy atom. The summed E-state index contributed by atoms with van der Waals surface area (Å²) in [4.78, 5) is 4.15. The summed E-state index contributed by atoms with van der Waals surface area (Å²) in [7, 11) is 1.80. The van der Waals surface area contributed by atoms with Crippen molar-refractivity contribution in [3.8, 4) is 10.7 Å². The molecule has 0 radical (unpaired) electrons. The second-order valence-electron chi connectivity index (χ2n) is 2.60. The van der Waals surface area contributed by atoms with Crippen molar-refractivity contribution >= 4 is 22.2 Å². The number of nitrogen functional groups attached to an aromatic ring is 1. The van der Waals surface area contributed by atoms with Gasteiger partial charge >= 0.3 is 0 Å². The molecule has 0 saturated heterocycles. The molecular weight excluding hydrogens is 198 g/mol. The fourth-order valence-corrected chi connectivity index (χ4v) is 1.73. The van der Waals surface area contributed by atoms with Crippen LogP contribution in [0.25, 0.3) is 10.7 Å². The number of hydrogen-bond donors (Lipinski definition) is 2. The van der Waals surface area contributed by atoms with Crippen molar-refractivity contribution < 1.29 is 0 Å². The highest BCUT2D eigenvalue weighted by molar-refractivity contribution is 7.18. The van der Waals surface area contributed by atoms with Crippen LogP contribution in [0, 0.1) is 0 Å². The summed E-state index contributed by atoms with van der Waals surface area (Å²) in [5.74, 6) is 0. The average molecular weight is 207 g/mol. The number of hydrogen-bond acceptors (Lipinski definition) is 6. The van der Waals surface area contributed by atoms with Crippen molar-refractivity contribution in [1.82, 2.24) is 15.2 Å². The van der Waals surface area contributed by atoms with Gasteiger partial charge < -0.3 is 11.1 Å². The lowest BCUT2D eigenvalue weighted by Gasteiger charge is -1.97. The molecule has 2 heterocycles. The predicted octanol–water partition coefficient (Wildman–Crippen LogP) is 1.22. The molecule has 6 heteroatoms. The molecular formula is C8H9N5S. The highest BCUT2D eigenvalue weighted by Crippen LogP contribution is 2.27. The van der Waals surface area contributed by atoms with Gasteiger partial charge in [-0.2, -0.15) is 0 Å². The SMILES string of the molecule is CNc1nnc(-c2ncccc2N)s1. The van der Waals surface area contributed by atoms with Crippen LogP contribution in [-0.4, -0.2) is 22.2 Å². The van der Waals surface area contributed by atoms with E-state index in [4.69, 9.17) is 5.73 Å². The van der Waals surface area contributed by atoms with Gasteiger partial charge in [0.1, 0.15) is 5.69 Å². The maximum Gasteiger partial charge on any atom is 0.205 e. The summed E-state index contributed by atoms with van der Waals surface area (Å²) in [5, 5.41) is 12.3. The molecule has 0 bridgehead atoms. The molecule has 0 aliphatic carbocycles. The van der Waals surface area contributed by atoms with Crippen molar-refractivity contribution in [2.45, 2.75) is 0 Å². The van der Waals surface area contributed by atoms with Gasteiger partial charge in [0.15, 0.2) is 5.01 Å². The van der Waals surface area contributed by atoms with Gasteiger partial charge in [0.25, 0.3) is 0 Å². The fourth-order valence-electron chi connectivity index (χ4n) is 1.02. The number of anilines is 2. The lowest BCUT2D eigenvalue weighted by molar-refractivity contribution is 1.08. The molecule has 3 N–H and O–H groups in total. The summed E-state index contributed by atoms with van der Waals surface area (Å²) in [6.45, 7) is 0. The molecule has 2 aromatic heterocycles. The monoisotopic (exact) mass is 207 g/mol. The summed E-state index contributed by atoms with van der Waals surface area (Å²) >= 11 is 1.42. The molecule has 0 fully saturated rings. The van der Waals surface area contributed by atoms with Crippen molar-refractivity contribution in [2.75, 3.05) is 18.1 Å². The van der Waals surface area contributed by atoms with E-state index in [1.807, 2.05) is 0 Å². The molecule has 5 nitrogen and oxygen atoms in total. The minimum atomic E-state index is 0.617. The molecule has 0 aliphatic rings. The van der Waals surface area contributed by atoms with Crippen molar-refractivity contribution in [2.24, 2.45) is 0 Å². The van der Waals surface area contributed by atoms with Gasteiger partial charge in [-0.25, -0.2) is 0 Å². The third-order valence-electron chi connectivity index (χ3n) is 1.68. The quantitative estimate of drug-likeness (QED) is 0.774. The van der Waals surface area contributed by atoms with Crippen LogP contribution in [0.4, 0.5) is 10.8 Å². The van der Waals surface area contributed by atoms with Crippen molar-refractivity contribution in [3.05, 3.63) is 18.3 Å². The molecule has 0 atom stereocenters. The van der Waals surface area contributed by atoms with E-state index in [0.717, 1.165) is 10.1 Å². The van der Waals surface area contributed by atoms with E-state index < -0.39 is 0 Å². The zero-order chi connectivity index (χ0) is 9.97. The topological polar surface area (TPSA) is 76.7 Å². The average Bonchev–Trinajstić information content (AvgIpc) is 2.67. The van der Waals surface area contributed by atoms with E-state index >= 15 is 0 Å². The molecule has 0 aromatic carbocycles. The van der Waals surface area contributed by atoms with E-state index in [-0.39, 0.29) is 0 Å². The van der Waals surface area contributed by atoms with Gasteiger partial charge in [0.2, 0.25) is 5.13 Å². The van der Waals surface area contributed by atoms with Crippen LogP contribution >= 0.6 is 11.3 Å². The Balaban J connectivity index is 2.44. The zero-order valence-electron chi connectivity index (χ0n) is 7.56. The summed E-state index contributed by atoms with van der Waals surface area (Å²) < 4.78 is 0. The molecule has 14 heavy (non-hydrogen) atoms. The lowest BCUT2D eigenvalue weighted by atomic mass is 10.3. The summed E-state index contributed by atoms with van der Waals surface area (Å²) in [5.41, 5.74) is 7.06. The molecule has 2 aromatic rings. The Hall–Kier alpha value is -1.69. The van der Waals surface area contributed by atoms with E-state index in [9.17, 15) is 0 Å². The number of nitrogens with two attached hydrogens (primary N) is 1. The maximum absolute atomic E-state index is 5.76. The minimum Gasteiger partial charge on any atom is -0.397 e. The Bertz CT molecular complexity index is 439. The number of nitrogens with zero attached hydrogens (tertiary/aromatic N) is 3. The van der Waals surface area contributed by atoms with Crippen LogP contribution in [0.15, 0.2) is 18.3 Å². The molecule has 0 aliphatic heterocycles. The molecule has 0 saturated carbocycles. The predicted molar refractivity (Wildman–Crippen MR) is 57.1 cm³/mol. The normalized spacial score (nSPS) is 10.1. The van der Waals surface area contributed by atoms with Crippen molar-refractivity contribution in [3.63, 3.8) is 0 Å². The van der Waals surface area contributed by atoms with Crippen LogP contribution in [-0.2, 0) is 0 Å². The Morgan fingerprint density at radius 3 is 2.93 bits per heavy atom. The van der Waals surface area contributed by atoms with Gasteiger partial charge in [0.05, 0.1) is 5.69 Å². The van der Waals surface area contributed by atoms with Gasteiger partial charge in [-0.15, -0.1) is 10.2 Å². The number of nitrogens with one attached hydrogen (secondary N) is 1. The highest BCUT2D eigenvalue weighted by atomic mass is 32.1. The van der Waals surface area contributed by atoms with Crippen LogP contribution in [0.1, 0.15) is 0 Å². The maximum atomic E-state index is 5.76. The third kappa shape index (κ3) is 1.51. The Labute approximate surface area is 85.0 Å². The first-order valence-electron chi connectivity index (χ1n) is 4.03. The van der Waals surface area contributed by atoms with E-state index in [1.54, 1.807) is 25.4 Å². The number of rotatable bonds is 2. The van der Waals surface area contributed by atoms with Crippen LogP contribution in [0.3, 0.4) is 0 Å². The Morgan fingerprint density at radius 1 is 1.43 bits per heavy atom. The fraction of sp³-hybridized carbons (Fsp3) is 0.125. The molecule has 72 valence electrons. The van der Waals surface area contributed by atoms with Crippen LogP contribution in [0.2, 0.25) is 0 Å². The highest BCUT2D eigenvalue weighted by Gasteiger charge is 2.09. The first kappa shape index (κ1) is 8.89. The molecule has 0 amide bonds. The zero-order valence-corrected chi connectivity index (χ0v) is 8.38.